The summed E-state index contributed by atoms with van der Waals surface area (Å²) in [6.45, 7) is 1.75. The van der Waals surface area contributed by atoms with Crippen molar-refractivity contribution in [2.75, 3.05) is 0 Å². The molecule has 1 aromatic heterocycles. The van der Waals surface area contributed by atoms with Crippen LogP contribution in [0.2, 0.25) is 5.02 Å². The van der Waals surface area contributed by atoms with Crippen molar-refractivity contribution < 1.29 is 18.0 Å². The second kappa shape index (κ2) is 5.42. The lowest BCUT2D eigenvalue weighted by Crippen LogP contribution is -2.07. The van der Waals surface area contributed by atoms with Gasteiger partial charge in [-0.2, -0.15) is 13.2 Å². The molecule has 0 aliphatic carbocycles. The van der Waals surface area contributed by atoms with Crippen LogP contribution in [0.5, 0.6) is 0 Å². The van der Waals surface area contributed by atoms with E-state index in [9.17, 15) is 18.0 Å². The van der Waals surface area contributed by atoms with Crippen molar-refractivity contribution in [1.29, 1.82) is 0 Å². The topological polar surface area (TPSA) is 32.9 Å². The molecule has 0 saturated carbocycles. The number of halogens is 4. The molecule has 0 atom stereocenters. The first kappa shape index (κ1) is 15.6. The number of carbonyl (C=O) groups excluding carboxylic acids is 1. The Balaban J connectivity index is 2.38. The predicted molar refractivity (Wildman–Crippen MR) is 83.9 cm³/mol. The maximum Gasteiger partial charge on any atom is 0.417 e. The summed E-state index contributed by atoms with van der Waals surface area (Å²) in [5, 5.41) is 1.03. The van der Waals surface area contributed by atoms with E-state index in [0.29, 0.717) is 27.8 Å². The monoisotopic (exact) mass is 337 g/mol. The Morgan fingerprint density at radius 3 is 2.48 bits per heavy atom. The van der Waals surface area contributed by atoms with Crippen LogP contribution in [-0.2, 0) is 6.18 Å². The van der Waals surface area contributed by atoms with Gasteiger partial charge in [0.05, 0.1) is 16.8 Å². The van der Waals surface area contributed by atoms with Gasteiger partial charge in [0.1, 0.15) is 0 Å². The van der Waals surface area contributed by atoms with Gasteiger partial charge in [-0.15, -0.1) is 0 Å². The molecule has 1 heterocycles. The molecule has 0 spiro atoms. The van der Waals surface area contributed by atoms with Gasteiger partial charge in [-0.1, -0.05) is 35.9 Å². The lowest BCUT2D eigenvalue weighted by Gasteiger charge is -2.12. The highest BCUT2D eigenvalue weighted by Gasteiger charge is 2.34. The van der Waals surface area contributed by atoms with Gasteiger partial charge in [0.2, 0.25) is 0 Å². The molecule has 3 aromatic rings. The predicted octanol–water partition coefficient (Wildman–Crippen LogP) is 5.63. The largest absolute Gasteiger partial charge is 0.417 e. The van der Waals surface area contributed by atoms with Crippen molar-refractivity contribution in [3.05, 3.63) is 58.1 Å². The number of rotatable bonds is 2. The summed E-state index contributed by atoms with van der Waals surface area (Å²) in [6.07, 6.45) is -3.95. The molecule has 0 unspecified atom stereocenters. The maximum absolute atomic E-state index is 13.2. The Morgan fingerprint density at radius 1 is 1.13 bits per heavy atom. The average molecular weight is 338 g/mol. The summed E-state index contributed by atoms with van der Waals surface area (Å²) in [6, 6.07) is 8.42. The van der Waals surface area contributed by atoms with Crippen LogP contribution < -0.4 is 0 Å². The van der Waals surface area contributed by atoms with Crippen LogP contribution in [0.15, 0.2) is 36.4 Å². The van der Waals surface area contributed by atoms with Crippen molar-refractivity contribution in [3.63, 3.8) is 0 Å². The van der Waals surface area contributed by atoms with Crippen LogP contribution in [0.4, 0.5) is 13.2 Å². The standard InChI is InChI=1S/C17H11ClF3NO/c1-9-14(18)7-6-10-12(8-23)16(22-15(9)10)11-4-2-3-5-13(11)17(19,20)21/h2-8,22H,1H3. The number of alkyl halides is 3. The molecular weight excluding hydrogens is 327 g/mol. The first-order valence-corrected chi connectivity index (χ1v) is 7.15. The minimum atomic E-state index is -4.51. The lowest BCUT2D eigenvalue weighted by atomic mass is 10.0. The Labute approximate surface area is 134 Å². The van der Waals surface area contributed by atoms with Gasteiger partial charge < -0.3 is 4.98 Å². The van der Waals surface area contributed by atoms with Crippen LogP contribution in [0.25, 0.3) is 22.2 Å². The molecule has 0 saturated heterocycles. The van der Waals surface area contributed by atoms with Crippen molar-refractivity contribution in [3.8, 4) is 11.3 Å². The summed E-state index contributed by atoms with van der Waals surface area (Å²) in [5.41, 5.74) is 0.728. The van der Waals surface area contributed by atoms with Crippen LogP contribution >= 0.6 is 11.6 Å². The summed E-state index contributed by atoms with van der Waals surface area (Å²) in [4.78, 5) is 14.4. The van der Waals surface area contributed by atoms with Crippen molar-refractivity contribution in [1.82, 2.24) is 4.98 Å². The molecule has 23 heavy (non-hydrogen) atoms. The second-order valence-electron chi connectivity index (χ2n) is 5.17. The normalized spacial score (nSPS) is 11.9. The van der Waals surface area contributed by atoms with Crippen molar-refractivity contribution >= 4 is 28.8 Å². The molecule has 1 N–H and O–H groups in total. The molecule has 0 radical (unpaired) electrons. The SMILES string of the molecule is Cc1c(Cl)ccc2c(C=O)c(-c3ccccc3C(F)(F)F)[nH]c12. The number of aromatic nitrogens is 1. The molecule has 0 fully saturated rings. The Kier molecular flexibility index (Phi) is 3.68. The highest BCUT2D eigenvalue weighted by molar-refractivity contribution is 6.32. The zero-order chi connectivity index (χ0) is 16.8. The molecule has 0 aliphatic rings. The first-order chi connectivity index (χ1) is 10.8. The number of H-pyrrole nitrogens is 1. The third-order valence-electron chi connectivity index (χ3n) is 3.83. The highest BCUT2D eigenvalue weighted by atomic mass is 35.5. The number of hydrogen-bond donors (Lipinski definition) is 1. The summed E-state index contributed by atoms with van der Waals surface area (Å²) < 4.78 is 39.7. The van der Waals surface area contributed by atoms with Gasteiger partial charge in [0.25, 0.3) is 0 Å². The van der Waals surface area contributed by atoms with Gasteiger partial charge in [0.15, 0.2) is 6.29 Å². The van der Waals surface area contributed by atoms with E-state index in [1.165, 1.54) is 18.2 Å². The van der Waals surface area contributed by atoms with Crippen LogP contribution in [0.1, 0.15) is 21.5 Å². The first-order valence-electron chi connectivity index (χ1n) is 6.77. The molecule has 2 aromatic carbocycles. The number of aldehydes is 1. The zero-order valence-electron chi connectivity index (χ0n) is 12.0. The van der Waals surface area contributed by atoms with Crippen LogP contribution in [-0.4, -0.2) is 11.3 Å². The minimum Gasteiger partial charge on any atom is -0.354 e. The third-order valence-corrected chi connectivity index (χ3v) is 4.24. The number of aromatic amines is 1. The van der Waals surface area contributed by atoms with E-state index in [4.69, 9.17) is 11.6 Å². The quantitative estimate of drug-likeness (QED) is 0.604. The fourth-order valence-corrected chi connectivity index (χ4v) is 2.84. The van der Waals surface area contributed by atoms with E-state index < -0.39 is 11.7 Å². The molecule has 118 valence electrons. The number of nitrogens with one attached hydrogen (secondary N) is 1. The number of benzene rings is 2. The number of aryl methyl sites for hydroxylation is 1. The van der Waals surface area contributed by atoms with Gasteiger partial charge in [-0.05, 0) is 24.6 Å². The summed E-state index contributed by atoms with van der Waals surface area (Å²) in [5.74, 6) is 0. The second-order valence-corrected chi connectivity index (χ2v) is 5.58. The summed E-state index contributed by atoms with van der Waals surface area (Å²) in [7, 11) is 0. The minimum absolute atomic E-state index is 0.0613. The van der Waals surface area contributed by atoms with Crippen molar-refractivity contribution in [2.45, 2.75) is 13.1 Å². The molecule has 3 rings (SSSR count). The molecule has 0 aliphatic heterocycles. The van der Waals surface area contributed by atoms with Gasteiger partial charge in [0, 0.05) is 21.5 Å². The summed E-state index contributed by atoms with van der Waals surface area (Å²) >= 11 is 6.05. The average Bonchev–Trinajstić information content (AvgIpc) is 2.89. The maximum atomic E-state index is 13.2. The van der Waals surface area contributed by atoms with E-state index in [1.807, 2.05) is 0 Å². The smallest absolute Gasteiger partial charge is 0.354 e. The molecule has 2 nitrogen and oxygen atoms in total. The molecule has 0 bridgehead atoms. The van der Waals surface area contributed by atoms with Gasteiger partial charge >= 0.3 is 6.18 Å². The lowest BCUT2D eigenvalue weighted by molar-refractivity contribution is -0.137. The number of fused-ring (bicyclic) bond motifs is 1. The number of carbonyl (C=O) groups is 1. The van der Waals surface area contributed by atoms with E-state index in [-0.39, 0.29) is 16.8 Å². The molecule has 6 heteroatoms. The van der Waals surface area contributed by atoms with E-state index in [1.54, 1.807) is 19.1 Å². The fourth-order valence-electron chi connectivity index (χ4n) is 2.68. The Bertz CT molecular complexity index is 912. The van der Waals surface area contributed by atoms with E-state index >= 15 is 0 Å². The van der Waals surface area contributed by atoms with E-state index in [0.717, 1.165) is 6.07 Å². The van der Waals surface area contributed by atoms with E-state index in [2.05, 4.69) is 4.98 Å². The molecule has 0 amide bonds. The van der Waals surface area contributed by atoms with Gasteiger partial charge in [-0.3, -0.25) is 4.79 Å². The Hall–Kier alpha value is -2.27. The zero-order valence-corrected chi connectivity index (χ0v) is 12.7. The third kappa shape index (κ3) is 2.51. The van der Waals surface area contributed by atoms with Crippen LogP contribution in [0.3, 0.4) is 0 Å². The number of hydrogen-bond acceptors (Lipinski definition) is 1. The van der Waals surface area contributed by atoms with Crippen molar-refractivity contribution in [2.24, 2.45) is 0 Å². The highest BCUT2D eigenvalue weighted by Crippen LogP contribution is 2.40. The Morgan fingerprint density at radius 2 is 1.83 bits per heavy atom. The van der Waals surface area contributed by atoms with Gasteiger partial charge in [-0.25, -0.2) is 0 Å². The molecular formula is C17H11ClF3NO. The van der Waals surface area contributed by atoms with Crippen LogP contribution in [0, 0.1) is 6.92 Å². The fraction of sp³-hybridized carbons (Fsp3) is 0.118.